The van der Waals surface area contributed by atoms with Gasteiger partial charge in [0.2, 0.25) is 17.8 Å². The van der Waals surface area contributed by atoms with Gasteiger partial charge < -0.3 is 30.6 Å². The monoisotopic (exact) mass is 774 g/mol. The molecule has 4 N–H and O–H groups in total. The van der Waals surface area contributed by atoms with E-state index in [1.54, 1.807) is 78.1 Å². The molecule has 2 aliphatic heterocycles. The minimum atomic E-state index is -0.925. The van der Waals surface area contributed by atoms with Crippen LogP contribution in [0, 0.1) is 22.7 Å². The third-order valence-corrected chi connectivity index (χ3v) is 10.1. The number of nitriles is 2. The molecule has 4 aromatic heterocycles. The molecule has 8 rings (SSSR count). The number of anilines is 7. The Hall–Kier alpha value is -7.47. The van der Waals surface area contributed by atoms with Crippen LogP contribution in [0.15, 0.2) is 91.6 Å². The van der Waals surface area contributed by atoms with Crippen molar-refractivity contribution in [1.82, 2.24) is 34.7 Å². The first kappa shape index (κ1) is 37.5. The summed E-state index contributed by atoms with van der Waals surface area (Å²) in [6, 6.07) is 22.4. The Morgan fingerprint density at radius 1 is 0.810 bits per heavy atom. The molecule has 0 radical (unpaired) electrons. The summed E-state index contributed by atoms with van der Waals surface area (Å²) in [7, 11) is 1.81. The average Bonchev–Trinajstić information content (AvgIpc) is 3.97. The summed E-state index contributed by atoms with van der Waals surface area (Å²) in [4.78, 5) is 41.2. The first-order chi connectivity index (χ1) is 28.2. The number of pyridine rings is 1. The molecule has 2 aromatic carbocycles. The number of amides is 1. The molecule has 6 aromatic rings. The first-order valence-corrected chi connectivity index (χ1v) is 18.6. The largest absolute Gasteiger partial charge is 0.391 e. The number of hydrogen-bond acceptors (Lipinski definition) is 15. The zero-order valence-electron chi connectivity index (χ0n) is 31.6. The number of aromatic nitrogens is 7. The Labute approximate surface area is 333 Å². The van der Waals surface area contributed by atoms with E-state index in [1.807, 2.05) is 35.0 Å². The van der Waals surface area contributed by atoms with Gasteiger partial charge in [0.15, 0.2) is 0 Å². The maximum atomic E-state index is 13.3. The lowest BCUT2D eigenvalue weighted by Gasteiger charge is -2.37. The van der Waals surface area contributed by atoms with Crippen LogP contribution in [0.4, 0.5) is 40.5 Å². The number of benzene rings is 2. The first-order valence-electron chi connectivity index (χ1n) is 18.6. The van der Waals surface area contributed by atoms with Crippen LogP contribution in [0.1, 0.15) is 30.9 Å². The van der Waals surface area contributed by atoms with Crippen LogP contribution in [0.3, 0.4) is 0 Å². The molecule has 2 saturated heterocycles. The van der Waals surface area contributed by atoms with E-state index < -0.39 is 18.4 Å². The Morgan fingerprint density at radius 2 is 1.47 bits per heavy atom. The predicted molar refractivity (Wildman–Crippen MR) is 216 cm³/mol. The van der Waals surface area contributed by atoms with Crippen LogP contribution in [0.5, 0.6) is 0 Å². The molecular formula is C41H38N14O3. The molecule has 2 fully saturated rings. The molecule has 2 aliphatic rings. The minimum Gasteiger partial charge on any atom is -0.391 e. The van der Waals surface area contributed by atoms with Crippen molar-refractivity contribution in [1.29, 1.82) is 10.5 Å². The molecule has 0 bridgehead atoms. The quantitative estimate of drug-likeness (QED) is 0.151. The van der Waals surface area contributed by atoms with Gasteiger partial charge in [0.25, 0.3) is 0 Å². The summed E-state index contributed by atoms with van der Waals surface area (Å²) < 4.78 is 1.66. The van der Waals surface area contributed by atoms with Crippen LogP contribution in [-0.4, -0.2) is 88.8 Å². The van der Waals surface area contributed by atoms with Crippen LogP contribution in [0.25, 0.3) is 22.5 Å². The lowest BCUT2D eigenvalue weighted by molar-refractivity contribution is -0.117. The summed E-state index contributed by atoms with van der Waals surface area (Å²) >= 11 is 0. The molecule has 3 atom stereocenters. The van der Waals surface area contributed by atoms with Gasteiger partial charge in [-0.2, -0.15) is 15.6 Å². The fourth-order valence-corrected chi connectivity index (χ4v) is 7.38. The van der Waals surface area contributed by atoms with E-state index in [2.05, 4.69) is 52.8 Å². The summed E-state index contributed by atoms with van der Waals surface area (Å²) in [5.74, 6) is 0.643. The number of carbonyl (C=O) groups is 1. The smallest absolute Gasteiger partial charge is 0.227 e. The van der Waals surface area contributed by atoms with Gasteiger partial charge in [-0.3, -0.25) is 14.4 Å². The lowest BCUT2D eigenvalue weighted by atomic mass is 10.1. The zero-order valence-corrected chi connectivity index (χ0v) is 31.6. The number of aliphatic hydroxyl groups is 2. The van der Waals surface area contributed by atoms with E-state index in [9.17, 15) is 25.5 Å². The number of nitrogens with zero attached hydrogens (tertiary/aromatic N) is 12. The maximum Gasteiger partial charge on any atom is 0.227 e. The fraction of sp³-hybridized carbons (Fsp3) is 0.244. The number of β-amino-alcohol motifs (C(OH)–C–C–N with tert-alkyl or cyclic N) is 1. The van der Waals surface area contributed by atoms with Crippen molar-refractivity contribution < 1.29 is 15.0 Å². The second-order valence-corrected chi connectivity index (χ2v) is 14.0. The SMILES string of the molecule is CC(=O)N(c1ccc(Nc2nccc(-c3ccc(N4CC[C@@H](O)C4)c(C#N)c3)n2)cn1)C1[C@@H](O)CCN1c1ccc(-c2ccnc(Nc3cnn(C)c3)n2)cc1C#N. The van der Waals surface area contributed by atoms with E-state index in [0.29, 0.717) is 89.6 Å². The predicted octanol–water partition coefficient (Wildman–Crippen LogP) is 4.48. The lowest BCUT2D eigenvalue weighted by Crippen LogP contribution is -2.52. The average molecular weight is 775 g/mol. The molecule has 17 nitrogen and oxygen atoms in total. The van der Waals surface area contributed by atoms with Gasteiger partial charge in [0.05, 0.1) is 69.9 Å². The highest BCUT2D eigenvalue weighted by Gasteiger charge is 2.41. The van der Waals surface area contributed by atoms with Crippen LogP contribution in [-0.2, 0) is 11.8 Å². The summed E-state index contributed by atoms with van der Waals surface area (Å²) in [5, 5.41) is 51.9. The molecule has 0 aliphatic carbocycles. The van der Waals surface area contributed by atoms with Crippen molar-refractivity contribution in [2.45, 2.75) is 38.1 Å². The Balaban J connectivity index is 1.000. The molecule has 0 spiro atoms. The van der Waals surface area contributed by atoms with Gasteiger partial charge >= 0.3 is 0 Å². The van der Waals surface area contributed by atoms with Gasteiger partial charge in [-0.05, 0) is 61.4 Å². The third-order valence-electron chi connectivity index (χ3n) is 10.1. The van der Waals surface area contributed by atoms with Gasteiger partial charge in [0.1, 0.15) is 24.1 Å². The van der Waals surface area contributed by atoms with Gasteiger partial charge in [-0.1, -0.05) is 12.1 Å². The maximum absolute atomic E-state index is 13.3. The number of hydrogen-bond donors (Lipinski definition) is 4. The van der Waals surface area contributed by atoms with Gasteiger partial charge in [0, 0.05) is 63.3 Å². The Kier molecular flexibility index (Phi) is 10.3. The van der Waals surface area contributed by atoms with E-state index in [1.165, 1.54) is 11.8 Å². The molecule has 17 heteroatoms. The third kappa shape index (κ3) is 7.67. The van der Waals surface area contributed by atoms with E-state index in [4.69, 9.17) is 0 Å². The molecule has 58 heavy (non-hydrogen) atoms. The second-order valence-electron chi connectivity index (χ2n) is 14.0. The van der Waals surface area contributed by atoms with E-state index in [-0.39, 0.29) is 5.91 Å². The molecule has 6 heterocycles. The number of aryl methyl sites for hydroxylation is 1. The molecule has 0 saturated carbocycles. The zero-order chi connectivity index (χ0) is 40.3. The highest BCUT2D eigenvalue weighted by Crippen LogP contribution is 2.35. The van der Waals surface area contributed by atoms with E-state index >= 15 is 0 Å². The Bertz CT molecular complexity index is 2560. The number of aliphatic hydroxyl groups excluding tert-OH is 2. The Morgan fingerprint density at radius 3 is 2.03 bits per heavy atom. The second kappa shape index (κ2) is 15.9. The van der Waals surface area contributed by atoms with Crippen molar-refractivity contribution in [2.75, 3.05) is 45.0 Å². The van der Waals surface area contributed by atoms with Crippen molar-refractivity contribution in [3.05, 3.63) is 103 Å². The molecular weight excluding hydrogens is 737 g/mol. The fourth-order valence-electron chi connectivity index (χ4n) is 7.38. The molecule has 290 valence electrons. The van der Waals surface area contributed by atoms with E-state index in [0.717, 1.165) is 16.9 Å². The van der Waals surface area contributed by atoms with Crippen molar-refractivity contribution in [2.24, 2.45) is 7.05 Å². The van der Waals surface area contributed by atoms with Crippen molar-refractivity contribution in [3.8, 4) is 34.7 Å². The molecule has 1 amide bonds. The van der Waals surface area contributed by atoms with Gasteiger partial charge in [-0.25, -0.2) is 24.9 Å². The normalized spacial score (nSPS) is 17.4. The number of rotatable bonds is 10. The van der Waals surface area contributed by atoms with Crippen LogP contribution in [0.2, 0.25) is 0 Å². The summed E-state index contributed by atoms with van der Waals surface area (Å²) in [5.41, 5.74) is 6.11. The van der Waals surface area contributed by atoms with Crippen molar-refractivity contribution in [3.63, 3.8) is 0 Å². The number of carbonyl (C=O) groups excluding carboxylic acids is 1. The van der Waals surface area contributed by atoms with Crippen molar-refractivity contribution >= 4 is 46.4 Å². The minimum absolute atomic E-state index is 0.300. The highest BCUT2D eigenvalue weighted by molar-refractivity contribution is 5.92. The number of nitrogens with one attached hydrogen (secondary N) is 2. The molecule has 1 unspecified atom stereocenters. The topological polar surface area (TPSA) is 221 Å². The van der Waals surface area contributed by atoms with Crippen LogP contribution >= 0.6 is 0 Å². The summed E-state index contributed by atoms with van der Waals surface area (Å²) in [6.07, 6.45) is 7.12. The highest BCUT2D eigenvalue weighted by atomic mass is 16.3. The van der Waals surface area contributed by atoms with Gasteiger partial charge in [-0.15, -0.1) is 0 Å². The summed E-state index contributed by atoms with van der Waals surface area (Å²) in [6.45, 7) is 2.98. The standard InChI is InChI=1S/C41H38N14O3/c1-25(56)55(38-8-5-30(21-46-38)48-40-44-13-9-33(50-40)26-3-6-35(28(17-26)19-42)53-15-11-32(57)24-53)39-37(58)12-16-54(39)36-7-4-27(18-29(36)20-43)34-10-14-45-41(51-34)49-31-22-47-52(2)23-31/h3-10,13-14,17-18,21-23,32,37,39,57-58H,11-12,15-16,24H2,1-2H3,(H,44,48,50)(H,45,49,51)/t32-,37+,39?/m1/s1. The van der Waals surface area contributed by atoms with Crippen LogP contribution < -0.4 is 25.3 Å².